The van der Waals surface area contributed by atoms with Gasteiger partial charge in [0.05, 0.1) is 4.88 Å². The lowest BCUT2D eigenvalue weighted by Gasteiger charge is -2.11. The van der Waals surface area contributed by atoms with Gasteiger partial charge in [-0.2, -0.15) is 9.50 Å². The van der Waals surface area contributed by atoms with Gasteiger partial charge in [-0.3, -0.25) is 9.59 Å². The van der Waals surface area contributed by atoms with Crippen molar-refractivity contribution in [1.82, 2.24) is 19.2 Å². The van der Waals surface area contributed by atoms with Gasteiger partial charge in [0.25, 0.3) is 5.56 Å². The molecule has 1 N–H and O–H groups in total. The number of anilines is 1. The smallest absolute Gasteiger partial charge is 0.275 e. The van der Waals surface area contributed by atoms with Crippen LogP contribution in [-0.4, -0.2) is 25.1 Å². The van der Waals surface area contributed by atoms with Gasteiger partial charge in [-0.05, 0) is 42.6 Å². The van der Waals surface area contributed by atoms with E-state index in [-0.39, 0.29) is 18.0 Å². The van der Waals surface area contributed by atoms with Crippen molar-refractivity contribution in [1.29, 1.82) is 0 Å². The Morgan fingerprint density at radius 2 is 2.04 bits per heavy atom. The van der Waals surface area contributed by atoms with Gasteiger partial charge in [-0.25, -0.2) is 0 Å². The number of carbonyl (C=O) groups excluding carboxylic acids is 1. The molecular formula is C18H14ClN5O2S. The van der Waals surface area contributed by atoms with E-state index in [4.69, 9.17) is 11.6 Å². The van der Waals surface area contributed by atoms with Crippen LogP contribution in [0, 0.1) is 6.92 Å². The van der Waals surface area contributed by atoms with E-state index in [0.717, 1.165) is 4.88 Å². The van der Waals surface area contributed by atoms with Gasteiger partial charge in [0.1, 0.15) is 6.54 Å². The highest BCUT2D eigenvalue weighted by molar-refractivity contribution is 7.13. The zero-order chi connectivity index (χ0) is 19.0. The monoisotopic (exact) mass is 399 g/mol. The molecule has 27 heavy (non-hydrogen) atoms. The summed E-state index contributed by atoms with van der Waals surface area (Å²) in [6, 6.07) is 12.1. The van der Waals surface area contributed by atoms with E-state index in [2.05, 4.69) is 15.4 Å². The van der Waals surface area contributed by atoms with Gasteiger partial charge in [0.2, 0.25) is 11.7 Å². The number of carbonyl (C=O) groups is 1. The first-order valence-electron chi connectivity index (χ1n) is 8.08. The first kappa shape index (κ1) is 17.4. The largest absolute Gasteiger partial charge is 0.325 e. The van der Waals surface area contributed by atoms with Crippen LogP contribution in [0.25, 0.3) is 16.5 Å². The highest BCUT2D eigenvalue weighted by atomic mass is 35.5. The van der Waals surface area contributed by atoms with Crippen LogP contribution in [0.1, 0.15) is 5.69 Å². The summed E-state index contributed by atoms with van der Waals surface area (Å²) in [6.07, 6.45) is 0. The van der Waals surface area contributed by atoms with Crippen LogP contribution in [0.15, 0.2) is 52.6 Å². The zero-order valence-corrected chi connectivity index (χ0v) is 15.8. The lowest BCUT2D eigenvalue weighted by molar-refractivity contribution is -0.116. The maximum atomic E-state index is 12.5. The number of nitrogens with one attached hydrogen (secondary N) is 1. The summed E-state index contributed by atoms with van der Waals surface area (Å²) in [4.78, 5) is 30.1. The van der Waals surface area contributed by atoms with E-state index >= 15 is 0 Å². The molecule has 7 nitrogen and oxygen atoms in total. The first-order chi connectivity index (χ1) is 13.0. The Hall–Kier alpha value is -2.97. The highest BCUT2D eigenvalue weighted by Gasteiger charge is 2.16. The van der Waals surface area contributed by atoms with Crippen LogP contribution in [0.5, 0.6) is 0 Å². The van der Waals surface area contributed by atoms with Crippen molar-refractivity contribution in [2.75, 3.05) is 5.32 Å². The summed E-state index contributed by atoms with van der Waals surface area (Å²) in [5.41, 5.74) is 0.982. The Kier molecular flexibility index (Phi) is 4.51. The quantitative estimate of drug-likeness (QED) is 0.571. The van der Waals surface area contributed by atoms with E-state index in [0.29, 0.717) is 28.0 Å². The summed E-state index contributed by atoms with van der Waals surface area (Å²) in [5, 5.41) is 9.61. The van der Waals surface area contributed by atoms with Crippen molar-refractivity contribution < 1.29 is 4.79 Å². The first-order valence-corrected chi connectivity index (χ1v) is 9.33. The molecule has 0 radical (unpaired) electrons. The molecule has 0 aliphatic carbocycles. The molecule has 1 aromatic carbocycles. The topological polar surface area (TPSA) is 81.3 Å². The van der Waals surface area contributed by atoms with Crippen molar-refractivity contribution in [3.63, 3.8) is 0 Å². The molecule has 4 aromatic rings. The van der Waals surface area contributed by atoms with E-state index < -0.39 is 0 Å². The minimum atomic E-state index is -0.285. The molecular weight excluding hydrogens is 386 g/mol. The summed E-state index contributed by atoms with van der Waals surface area (Å²) in [7, 11) is 0. The Labute approximate surface area is 162 Å². The summed E-state index contributed by atoms with van der Waals surface area (Å²) < 4.78 is 2.88. The number of nitrogens with zero attached hydrogens (tertiary/aromatic N) is 4. The summed E-state index contributed by atoms with van der Waals surface area (Å²) in [6.45, 7) is 1.76. The van der Waals surface area contributed by atoms with E-state index in [1.165, 1.54) is 21.9 Å². The van der Waals surface area contributed by atoms with Gasteiger partial charge in [0.15, 0.2) is 5.82 Å². The number of rotatable bonds is 4. The second-order valence-electron chi connectivity index (χ2n) is 5.89. The molecule has 0 fully saturated rings. The second kappa shape index (κ2) is 6.98. The molecule has 3 heterocycles. The number of benzene rings is 1. The van der Waals surface area contributed by atoms with Crippen molar-refractivity contribution in [2.45, 2.75) is 13.5 Å². The molecule has 3 aromatic heterocycles. The predicted molar refractivity (Wildman–Crippen MR) is 105 cm³/mol. The highest BCUT2D eigenvalue weighted by Crippen LogP contribution is 2.21. The molecule has 0 bridgehead atoms. The van der Waals surface area contributed by atoms with Crippen LogP contribution in [0.4, 0.5) is 5.69 Å². The van der Waals surface area contributed by atoms with Crippen LogP contribution in [-0.2, 0) is 11.3 Å². The van der Waals surface area contributed by atoms with E-state index in [1.807, 2.05) is 17.5 Å². The van der Waals surface area contributed by atoms with Crippen molar-refractivity contribution in [2.24, 2.45) is 0 Å². The van der Waals surface area contributed by atoms with Gasteiger partial charge < -0.3 is 9.88 Å². The fraction of sp³-hybridized carbons (Fsp3) is 0.111. The molecule has 4 rings (SSSR count). The van der Waals surface area contributed by atoms with Crippen molar-refractivity contribution >= 4 is 40.3 Å². The zero-order valence-electron chi connectivity index (χ0n) is 14.2. The molecule has 136 valence electrons. The third-order valence-electron chi connectivity index (χ3n) is 3.97. The van der Waals surface area contributed by atoms with Crippen LogP contribution >= 0.6 is 22.9 Å². The van der Waals surface area contributed by atoms with E-state index in [1.54, 1.807) is 35.8 Å². The van der Waals surface area contributed by atoms with Crippen molar-refractivity contribution in [3.05, 3.63) is 68.9 Å². The third-order valence-corrected chi connectivity index (χ3v) is 5.09. The maximum Gasteiger partial charge on any atom is 0.275 e. The molecule has 0 saturated carbocycles. The Balaban J connectivity index is 1.69. The molecule has 0 aliphatic rings. The number of thiophene rings is 1. The molecule has 0 unspecified atom stereocenters. The number of hydrogen-bond acceptors (Lipinski definition) is 5. The minimum absolute atomic E-state index is 0.000807. The Bertz CT molecular complexity index is 1180. The van der Waals surface area contributed by atoms with Crippen LogP contribution in [0.3, 0.4) is 0 Å². The third kappa shape index (κ3) is 3.49. The number of aryl methyl sites for hydroxylation is 1. The SMILES string of the molecule is Cc1cc(=O)n2nc(-c3cccs3)nc2n1CC(=O)Nc1ccc(Cl)cc1. The number of amides is 1. The molecule has 0 spiro atoms. The average Bonchev–Trinajstić information content (AvgIpc) is 3.30. The standard InChI is InChI=1S/C18H14ClN5O2S/c1-11-9-16(26)24-18(21-17(22-24)14-3-2-8-27-14)23(11)10-15(25)20-13-6-4-12(19)5-7-13/h2-9H,10H2,1H3,(H,20,25). The number of aromatic nitrogens is 4. The van der Waals surface area contributed by atoms with Gasteiger partial charge >= 0.3 is 0 Å². The normalized spacial score (nSPS) is 11.0. The Morgan fingerprint density at radius 1 is 1.26 bits per heavy atom. The molecule has 0 saturated heterocycles. The van der Waals surface area contributed by atoms with Crippen molar-refractivity contribution in [3.8, 4) is 10.7 Å². The molecule has 0 atom stereocenters. The fourth-order valence-corrected chi connectivity index (χ4v) is 3.46. The van der Waals surface area contributed by atoms with Gasteiger partial charge in [0, 0.05) is 22.5 Å². The number of hydrogen-bond donors (Lipinski definition) is 1. The maximum absolute atomic E-state index is 12.5. The summed E-state index contributed by atoms with van der Waals surface area (Å²) >= 11 is 7.34. The number of halogens is 1. The molecule has 9 heteroatoms. The number of fused-ring (bicyclic) bond motifs is 1. The lowest BCUT2D eigenvalue weighted by atomic mass is 10.3. The van der Waals surface area contributed by atoms with Gasteiger partial charge in [-0.1, -0.05) is 17.7 Å². The van der Waals surface area contributed by atoms with Crippen LogP contribution < -0.4 is 10.9 Å². The minimum Gasteiger partial charge on any atom is -0.325 e. The Morgan fingerprint density at radius 3 is 2.74 bits per heavy atom. The summed E-state index contributed by atoms with van der Waals surface area (Å²) in [5.74, 6) is 0.542. The average molecular weight is 400 g/mol. The predicted octanol–water partition coefficient (Wildman–Crippen LogP) is 3.22. The lowest BCUT2D eigenvalue weighted by Crippen LogP contribution is -2.25. The van der Waals surface area contributed by atoms with E-state index in [9.17, 15) is 9.59 Å². The second-order valence-corrected chi connectivity index (χ2v) is 7.27. The van der Waals surface area contributed by atoms with Gasteiger partial charge in [-0.15, -0.1) is 16.4 Å². The molecule has 1 amide bonds. The fourth-order valence-electron chi connectivity index (χ4n) is 2.68. The molecule has 0 aliphatic heterocycles. The van der Waals surface area contributed by atoms with Crippen LogP contribution in [0.2, 0.25) is 5.02 Å².